The summed E-state index contributed by atoms with van der Waals surface area (Å²) in [6.07, 6.45) is 5.88. The summed E-state index contributed by atoms with van der Waals surface area (Å²) in [6.45, 7) is 4.56. The summed E-state index contributed by atoms with van der Waals surface area (Å²) in [5, 5.41) is 0. The van der Waals surface area contributed by atoms with Crippen molar-refractivity contribution in [3.05, 3.63) is 59.7 Å². The fourth-order valence-corrected chi connectivity index (χ4v) is 4.53. The van der Waals surface area contributed by atoms with Crippen LogP contribution in [0.25, 0.3) is 0 Å². The normalized spacial score (nSPS) is 15.7. The van der Waals surface area contributed by atoms with Gasteiger partial charge in [0.15, 0.2) is 0 Å². The molecule has 0 aliphatic carbocycles. The van der Waals surface area contributed by atoms with Gasteiger partial charge in [-0.1, -0.05) is 37.1 Å². The Kier molecular flexibility index (Phi) is 6.33. The van der Waals surface area contributed by atoms with Gasteiger partial charge in [-0.3, -0.25) is 0 Å². The Morgan fingerprint density at radius 1 is 0.962 bits per heavy atom. The molecule has 1 N–H and O–H groups in total. The van der Waals surface area contributed by atoms with Gasteiger partial charge in [0.2, 0.25) is 10.0 Å². The van der Waals surface area contributed by atoms with Gasteiger partial charge in [-0.25, -0.2) is 13.1 Å². The Hall–Kier alpha value is -1.85. The van der Waals surface area contributed by atoms with E-state index in [9.17, 15) is 8.42 Å². The van der Waals surface area contributed by atoms with E-state index < -0.39 is 10.0 Å². The third-order valence-electron chi connectivity index (χ3n) is 4.91. The number of anilines is 1. The van der Waals surface area contributed by atoms with E-state index in [0.29, 0.717) is 17.9 Å². The van der Waals surface area contributed by atoms with E-state index in [-0.39, 0.29) is 0 Å². The van der Waals surface area contributed by atoms with Crippen molar-refractivity contribution in [2.45, 2.75) is 43.9 Å². The van der Waals surface area contributed by atoms with Crippen LogP contribution >= 0.6 is 0 Å². The second-order valence-corrected chi connectivity index (χ2v) is 8.80. The molecule has 1 saturated heterocycles. The summed E-state index contributed by atoms with van der Waals surface area (Å²) >= 11 is 0. The third kappa shape index (κ3) is 5.08. The van der Waals surface area contributed by atoms with Gasteiger partial charge in [0, 0.05) is 25.3 Å². The molecule has 2 aromatic rings. The minimum Gasteiger partial charge on any atom is -0.372 e. The molecule has 26 heavy (non-hydrogen) atoms. The maximum absolute atomic E-state index is 12.3. The molecular formula is C21H28N2O2S. The zero-order chi connectivity index (χ0) is 18.4. The second-order valence-electron chi connectivity index (χ2n) is 7.03. The highest BCUT2D eigenvalue weighted by Crippen LogP contribution is 2.20. The first-order valence-electron chi connectivity index (χ1n) is 9.45. The predicted octanol–water partition coefficient (Wildman–Crippen LogP) is 3.90. The molecule has 2 aromatic carbocycles. The number of aryl methyl sites for hydroxylation is 1. The number of hydrogen-bond donors (Lipinski definition) is 1. The van der Waals surface area contributed by atoms with E-state index in [0.717, 1.165) is 24.2 Å². The smallest absolute Gasteiger partial charge is 0.240 e. The van der Waals surface area contributed by atoms with Crippen molar-refractivity contribution >= 4 is 15.7 Å². The van der Waals surface area contributed by atoms with Crippen LogP contribution in [0.1, 0.15) is 36.8 Å². The maximum atomic E-state index is 12.3. The second kappa shape index (κ2) is 8.69. The summed E-state index contributed by atoms with van der Waals surface area (Å²) in [6, 6.07) is 15.5. The number of benzene rings is 2. The first-order chi connectivity index (χ1) is 12.5. The first-order valence-corrected chi connectivity index (χ1v) is 10.9. The molecule has 0 radical (unpaired) electrons. The van der Waals surface area contributed by atoms with Crippen LogP contribution in [0.3, 0.4) is 0 Å². The number of nitrogens with zero attached hydrogens (tertiary/aromatic N) is 1. The zero-order valence-corrected chi connectivity index (χ0v) is 16.3. The molecule has 1 aliphatic heterocycles. The molecule has 1 fully saturated rings. The highest BCUT2D eigenvalue weighted by molar-refractivity contribution is 7.89. The predicted molar refractivity (Wildman–Crippen MR) is 107 cm³/mol. The molecule has 5 heteroatoms. The largest absolute Gasteiger partial charge is 0.372 e. The van der Waals surface area contributed by atoms with Gasteiger partial charge >= 0.3 is 0 Å². The van der Waals surface area contributed by atoms with Crippen molar-refractivity contribution < 1.29 is 8.42 Å². The monoisotopic (exact) mass is 372 g/mol. The maximum Gasteiger partial charge on any atom is 0.240 e. The van der Waals surface area contributed by atoms with Gasteiger partial charge in [0.25, 0.3) is 0 Å². The van der Waals surface area contributed by atoms with Crippen molar-refractivity contribution in [3.8, 4) is 0 Å². The van der Waals surface area contributed by atoms with Crippen LogP contribution in [0.15, 0.2) is 53.4 Å². The number of hydrogen-bond acceptors (Lipinski definition) is 3. The highest BCUT2D eigenvalue weighted by atomic mass is 32.2. The van der Waals surface area contributed by atoms with Crippen molar-refractivity contribution in [2.24, 2.45) is 0 Å². The minimum absolute atomic E-state index is 0.328. The van der Waals surface area contributed by atoms with E-state index in [1.807, 2.05) is 13.0 Å². The average molecular weight is 373 g/mol. The minimum atomic E-state index is -3.44. The van der Waals surface area contributed by atoms with Gasteiger partial charge in [-0.2, -0.15) is 0 Å². The molecule has 4 nitrogen and oxygen atoms in total. The summed E-state index contributed by atoms with van der Waals surface area (Å²) in [7, 11) is -3.44. The molecule has 0 spiro atoms. The lowest BCUT2D eigenvalue weighted by Crippen LogP contribution is -2.26. The Morgan fingerprint density at radius 3 is 2.31 bits per heavy atom. The molecule has 0 unspecified atom stereocenters. The molecule has 0 amide bonds. The topological polar surface area (TPSA) is 49.4 Å². The number of nitrogens with one attached hydrogen (secondary N) is 1. The van der Waals surface area contributed by atoms with Gasteiger partial charge in [0.1, 0.15) is 0 Å². The summed E-state index contributed by atoms with van der Waals surface area (Å²) in [5.41, 5.74) is 3.36. The molecule has 0 aromatic heterocycles. The fourth-order valence-electron chi connectivity index (χ4n) is 3.40. The van der Waals surface area contributed by atoms with Crippen LogP contribution in [0.4, 0.5) is 5.69 Å². The molecule has 0 saturated carbocycles. The molecular weight excluding hydrogens is 344 g/mol. The van der Waals surface area contributed by atoms with Crippen molar-refractivity contribution in [1.82, 2.24) is 4.72 Å². The van der Waals surface area contributed by atoms with Crippen LogP contribution in [0.2, 0.25) is 0 Å². The van der Waals surface area contributed by atoms with Crippen LogP contribution in [0, 0.1) is 6.92 Å². The zero-order valence-electron chi connectivity index (χ0n) is 15.4. The molecule has 1 heterocycles. The van der Waals surface area contributed by atoms with Crippen LogP contribution in [-0.2, 0) is 16.4 Å². The van der Waals surface area contributed by atoms with Crippen molar-refractivity contribution in [1.29, 1.82) is 0 Å². The fraction of sp³-hybridized carbons (Fsp3) is 0.429. The van der Waals surface area contributed by atoms with Gasteiger partial charge < -0.3 is 4.90 Å². The third-order valence-corrected chi connectivity index (χ3v) is 6.37. The molecule has 0 bridgehead atoms. The van der Waals surface area contributed by atoms with Crippen LogP contribution in [-0.4, -0.2) is 28.1 Å². The Balaban J connectivity index is 1.55. The van der Waals surface area contributed by atoms with Crippen LogP contribution in [0.5, 0.6) is 0 Å². The Labute approximate surface area is 157 Å². The van der Waals surface area contributed by atoms with E-state index in [4.69, 9.17) is 0 Å². The van der Waals surface area contributed by atoms with E-state index in [1.54, 1.807) is 18.2 Å². The van der Waals surface area contributed by atoms with E-state index in [2.05, 4.69) is 33.9 Å². The van der Waals surface area contributed by atoms with Crippen molar-refractivity contribution in [3.63, 3.8) is 0 Å². The number of sulfonamides is 1. The van der Waals surface area contributed by atoms with Gasteiger partial charge in [0.05, 0.1) is 4.90 Å². The van der Waals surface area contributed by atoms with Crippen molar-refractivity contribution in [2.75, 3.05) is 24.5 Å². The lowest BCUT2D eigenvalue weighted by atomic mass is 10.1. The molecule has 140 valence electrons. The van der Waals surface area contributed by atoms with Gasteiger partial charge in [-0.05, 0) is 61.6 Å². The van der Waals surface area contributed by atoms with E-state index >= 15 is 0 Å². The Morgan fingerprint density at radius 2 is 1.65 bits per heavy atom. The molecule has 3 rings (SSSR count). The van der Waals surface area contributed by atoms with Crippen LogP contribution < -0.4 is 9.62 Å². The highest BCUT2D eigenvalue weighted by Gasteiger charge is 2.13. The average Bonchev–Trinajstić information content (AvgIpc) is 2.92. The van der Waals surface area contributed by atoms with Gasteiger partial charge in [-0.15, -0.1) is 0 Å². The number of rotatable bonds is 6. The lowest BCUT2D eigenvalue weighted by molar-refractivity contribution is 0.581. The first kappa shape index (κ1) is 18.9. The summed E-state index contributed by atoms with van der Waals surface area (Å²) < 4.78 is 27.4. The molecule has 1 aliphatic rings. The molecule has 0 atom stereocenters. The van der Waals surface area contributed by atoms with E-state index in [1.165, 1.54) is 31.4 Å². The lowest BCUT2D eigenvalue weighted by Gasteiger charge is -2.22. The Bertz CT molecular complexity index is 808. The standard InChI is InChI=1S/C21H28N2O2S/c1-18-7-6-8-21(17-18)26(24,25)22-14-13-19-9-11-20(12-10-19)23-15-4-2-3-5-16-23/h6-12,17,22H,2-5,13-16H2,1H3. The SMILES string of the molecule is Cc1cccc(S(=O)(=O)NCCc2ccc(N3CCCCCC3)cc2)c1. The summed E-state index contributed by atoms with van der Waals surface area (Å²) in [5.74, 6) is 0. The quantitative estimate of drug-likeness (QED) is 0.837. The summed E-state index contributed by atoms with van der Waals surface area (Å²) in [4.78, 5) is 2.78.